The molecule has 1 aliphatic carbocycles. The minimum atomic E-state index is 0.624. The lowest BCUT2D eigenvalue weighted by Crippen LogP contribution is -2.40. The zero-order valence-electron chi connectivity index (χ0n) is 13.3. The average molecular weight is 326 g/mol. The largest absolute Gasteiger partial charge is 0.313 e. The van der Waals surface area contributed by atoms with Gasteiger partial charge in [0, 0.05) is 16.7 Å². The van der Waals surface area contributed by atoms with E-state index in [0.717, 1.165) is 29.2 Å². The van der Waals surface area contributed by atoms with Gasteiger partial charge in [0.1, 0.15) is 0 Å². The summed E-state index contributed by atoms with van der Waals surface area (Å²) in [6, 6.07) is 8.82. The molecular formula is C18H28ClNS. The van der Waals surface area contributed by atoms with Crippen molar-refractivity contribution in [2.75, 3.05) is 12.3 Å². The standard InChI is InChI=1S/C18H28ClNS/c1-3-12-20-17(15-10-8-14(2)9-11-15)13-21-18-7-5-4-6-16(18)19/h4-7,14-15,17,20H,3,8-13H2,1-2H3. The van der Waals surface area contributed by atoms with Gasteiger partial charge in [-0.25, -0.2) is 0 Å². The van der Waals surface area contributed by atoms with Gasteiger partial charge in [0.25, 0.3) is 0 Å². The normalized spacial score (nSPS) is 24.0. The van der Waals surface area contributed by atoms with Crippen molar-refractivity contribution in [2.24, 2.45) is 11.8 Å². The molecule has 0 saturated heterocycles. The first kappa shape index (κ1) is 17.2. The summed E-state index contributed by atoms with van der Waals surface area (Å²) >= 11 is 8.18. The van der Waals surface area contributed by atoms with Gasteiger partial charge < -0.3 is 5.32 Å². The molecule has 0 aromatic heterocycles. The third-order valence-corrected chi connectivity index (χ3v) is 6.18. The van der Waals surface area contributed by atoms with E-state index in [4.69, 9.17) is 11.6 Å². The van der Waals surface area contributed by atoms with Crippen LogP contribution in [0.3, 0.4) is 0 Å². The van der Waals surface area contributed by atoms with Crippen molar-refractivity contribution in [3.8, 4) is 0 Å². The van der Waals surface area contributed by atoms with Gasteiger partial charge in [0.15, 0.2) is 0 Å². The van der Waals surface area contributed by atoms with E-state index in [-0.39, 0.29) is 0 Å². The molecule has 0 amide bonds. The Hall–Kier alpha value is -0.180. The molecule has 2 rings (SSSR count). The van der Waals surface area contributed by atoms with Gasteiger partial charge in [-0.3, -0.25) is 0 Å². The van der Waals surface area contributed by atoms with E-state index in [1.165, 1.54) is 37.0 Å². The van der Waals surface area contributed by atoms with Crippen LogP contribution in [0.15, 0.2) is 29.2 Å². The predicted octanol–water partition coefficient (Wildman–Crippen LogP) is 5.63. The second-order valence-corrected chi connectivity index (χ2v) is 7.79. The molecule has 1 fully saturated rings. The van der Waals surface area contributed by atoms with E-state index in [2.05, 4.69) is 31.3 Å². The molecule has 0 spiro atoms. The van der Waals surface area contributed by atoms with Crippen molar-refractivity contribution in [3.63, 3.8) is 0 Å². The Kier molecular flexibility index (Phi) is 7.42. The van der Waals surface area contributed by atoms with Crippen molar-refractivity contribution >= 4 is 23.4 Å². The van der Waals surface area contributed by atoms with Gasteiger partial charge >= 0.3 is 0 Å². The van der Waals surface area contributed by atoms with Crippen LogP contribution < -0.4 is 5.32 Å². The van der Waals surface area contributed by atoms with E-state index in [1.807, 2.05) is 23.9 Å². The van der Waals surface area contributed by atoms with Crippen LogP contribution in [0.5, 0.6) is 0 Å². The van der Waals surface area contributed by atoms with Gasteiger partial charge in [-0.2, -0.15) is 0 Å². The number of thioether (sulfide) groups is 1. The van der Waals surface area contributed by atoms with Crippen molar-refractivity contribution in [2.45, 2.75) is 56.9 Å². The Bertz CT molecular complexity index is 415. The minimum Gasteiger partial charge on any atom is -0.313 e. The Balaban J connectivity index is 1.91. The number of rotatable bonds is 7. The number of halogens is 1. The van der Waals surface area contributed by atoms with E-state index in [9.17, 15) is 0 Å². The fraction of sp³-hybridized carbons (Fsp3) is 0.667. The highest BCUT2D eigenvalue weighted by Crippen LogP contribution is 2.34. The lowest BCUT2D eigenvalue weighted by atomic mass is 9.79. The lowest BCUT2D eigenvalue weighted by Gasteiger charge is -2.33. The van der Waals surface area contributed by atoms with E-state index >= 15 is 0 Å². The molecule has 118 valence electrons. The minimum absolute atomic E-state index is 0.624. The molecular weight excluding hydrogens is 298 g/mol. The molecule has 1 aromatic carbocycles. The summed E-state index contributed by atoms with van der Waals surface area (Å²) in [5.41, 5.74) is 0. The quantitative estimate of drug-likeness (QED) is 0.652. The third kappa shape index (κ3) is 5.50. The monoisotopic (exact) mass is 325 g/mol. The topological polar surface area (TPSA) is 12.0 Å². The number of nitrogens with one attached hydrogen (secondary N) is 1. The number of hydrogen-bond acceptors (Lipinski definition) is 2. The highest BCUT2D eigenvalue weighted by molar-refractivity contribution is 7.99. The Morgan fingerprint density at radius 3 is 2.62 bits per heavy atom. The van der Waals surface area contributed by atoms with Crippen molar-refractivity contribution in [3.05, 3.63) is 29.3 Å². The molecule has 3 heteroatoms. The Morgan fingerprint density at radius 1 is 1.24 bits per heavy atom. The molecule has 1 aliphatic rings. The summed E-state index contributed by atoms with van der Waals surface area (Å²) < 4.78 is 0. The van der Waals surface area contributed by atoms with Crippen LogP contribution in [0.25, 0.3) is 0 Å². The Morgan fingerprint density at radius 2 is 1.95 bits per heavy atom. The first-order chi connectivity index (χ1) is 10.2. The van der Waals surface area contributed by atoms with Crippen LogP contribution in [0.2, 0.25) is 5.02 Å². The van der Waals surface area contributed by atoms with E-state index < -0.39 is 0 Å². The van der Waals surface area contributed by atoms with Gasteiger partial charge in [0.05, 0.1) is 5.02 Å². The summed E-state index contributed by atoms with van der Waals surface area (Å²) in [5.74, 6) is 2.88. The summed E-state index contributed by atoms with van der Waals surface area (Å²) in [4.78, 5) is 1.21. The smallest absolute Gasteiger partial charge is 0.0541 e. The Labute approximate surface area is 139 Å². The third-order valence-electron chi connectivity index (χ3n) is 4.54. The van der Waals surface area contributed by atoms with Crippen LogP contribution in [0, 0.1) is 11.8 Å². The predicted molar refractivity (Wildman–Crippen MR) is 95.4 cm³/mol. The summed E-state index contributed by atoms with van der Waals surface area (Å²) in [7, 11) is 0. The second kappa shape index (κ2) is 9.07. The highest BCUT2D eigenvalue weighted by Gasteiger charge is 2.25. The first-order valence-corrected chi connectivity index (χ1v) is 9.67. The molecule has 1 unspecified atom stereocenters. The van der Waals surface area contributed by atoms with Crippen LogP contribution in [0.1, 0.15) is 46.0 Å². The molecule has 21 heavy (non-hydrogen) atoms. The van der Waals surface area contributed by atoms with E-state index in [0.29, 0.717) is 6.04 Å². The maximum Gasteiger partial charge on any atom is 0.0541 e. The van der Waals surface area contributed by atoms with Crippen molar-refractivity contribution < 1.29 is 0 Å². The molecule has 0 bridgehead atoms. The molecule has 1 aromatic rings. The summed E-state index contributed by atoms with van der Waals surface area (Å²) in [5, 5.41) is 4.66. The molecule has 1 saturated carbocycles. The van der Waals surface area contributed by atoms with Crippen LogP contribution >= 0.6 is 23.4 Å². The lowest BCUT2D eigenvalue weighted by molar-refractivity contribution is 0.242. The van der Waals surface area contributed by atoms with Crippen molar-refractivity contribution in [1.29, 1.82) is 0 Å². The molecule has 0 radical (unpaired) electrons. The van der Waals surface area contributed by atoms with Gasteiger partial charge in [0.2, 0.25) is 0 Å². The number of hydrogen-bond donors (Lipinski definition) is 1. The molecule has 1 atom stereocenters. The van der Waals surface area contributed by atoms with Crippen LogP contribution in [-0.4, -0.2) is 18.3 Å². The second-order valence-electron chi connectivity index (χ2n) is 6.32. The van der Waals surface area contributed by atoms with Crippen molar-refractivity contribution in [1.82, 2.24) is 5.32 Å². The number of benzene rings is 1. The maximum atomic E-state index is 6.28. The fourth-order valence-corrected chi connectivity index (χ4v) is 4.55. The van der Waals surface area contributed by atoms with Crippen LogP contribution in [-0.2, 0) is 0 Å². The molecule has 1 N–H and O–H groups in total. The summed E-state index contributed by atoms with van der Waals surface area (Å²) in [6.07, 6.45) is 6.76. The summed E-state index contributed by atoms with van der Waals surface area (Å²) in [6.45, 7) is 5.76. The zero-order chi connectivity index (χ0) is 15.1. The molecule has 0 heterocycles. The molecule has 1 nitrogen and oxygen atoms in total. The van der Waals surface area contributed by atoms with Gasteiger partial charge in [-0.15, -0.1) is 11.8 Å². The highest BCUT2D eigenvalue weighted by atomic mass is 35.5. The van der Waals surface area contributed by atoms with E-state index in [1.54, 1.807) is 0 Å². The SMILES string of the molecule is CCCNC(CSc1ccccc1Cl)C1CCC(C)CC1. The van der Waals surface area contributed by atoms with Gasteiger partial charge in [-0.05, 0) is 49.8 Å². The maximum absolute atomic E-state index is 6.28. The van der Waals surface area contributed by atoms with Crippen LogP contribution in [0.4, 0.5) is 0 Å². The molecule has 0 aliphatic heterocycles. The zero-order valence-corrected chi connectivity index (χ0v) is 14.8. The average Bonchev–Trinajstić information content (AvgIpc) is 2.50. The first-order valence-electron chi connectivity index (χ1n) is 8.31. The fourth-order valence-electron chi connectivity index (χ4n) is 3.12. The van der Waals surface area contributed by atoms with Gasteiger partial charge in [-0.1, -0.05) is 50.4 Å².